The molecule has 0 amide bonds. The van der Waals surface area contributed by atoms with Gasteiger partial charge in [-0.2, -0.15) is 0 Å². The highest BCUT2D eigenvalue weighted by atomic mass is 35.5. The van der Waals surface area contributed by atoms with Crippen LogP contribution in [0.2, 0.25) is 5.02 Å². The highest BCUT2D eigenvalue weighted by molar-refractivity contribution is 7.98. The average Bonchev–Trinajstić information content (AvgIpc) is 3.27. The maximum Gasteiger partial charge on any atom is 0.196 e. The van der Waals surface area contributed by atoms with Gasteiger partial charge < -0.3 is 4.74 Å². The van der Waals surface area contributed by atoms with E-state index in [4.69, 9.17) is 16.3 Å². The number of hydrogen-bond donors (Lipinski definition) is 0. The maximum absolute atomic E-state index is 6.10. The number of methoxy groups -OCH3 is 1. The molecule has 0 N–H and O–H groups in total. The van der Waals surface area contributed by atoms with Crippen molar-refractivity contribution in [2.24, 2.45) is 0 Å². The summed E-state index contributed by atoms with van der Waals surface area (Å²) in [6.45, 7) is 0. The predicted octanol–water partition coefficient (Wildman–Crippen LogP) is 7.04. The van der Waals surface area contributed by atoms with Gasteiger partial charge in [-0.1, -0.05) is 65.8 Å². The van der Waals surface area contributed by atoms with Crippen molar-refractivity contribution in [1.82, 2.24) is 14.8 Å². The summed E-state index contributed by atoms with van der Waals surface area (Å²) in [5.74, 6) is 2.36. The van der Waals surface area contributed by atoms with Crippen molar-refractivity contribution in [2.45, 2.75) is 10.9 Å². The van der Waals surface area contributed by atoms with E-state index in [1.807, 2.05) is 48.5 Å². The zero-order valence-electron chi connectivity index (χ0n) is 17.4. The van der Waals surface area contributed by atoms with Crippen LogP contribution in [-0.4, -0.2) is 21.9 Å². The number of benzene rings is 4. The molecule has 0 spiro atoms. The standard InChI is InChI=1S/C26H20ClN3OS/c1-31-23-15-13-22(14-16-23)30-25(19-9-11-21(27)12-10-19)28-29-26(30)32-17-20-7-4-6-18-5-2-3-8-24(18)20/h2-16H,17H2,1H3. The fraction of sp³-hybridized carbons (Fsp3) is 0.0769. The van der Waals surface area contributed by atoms with E-state index in [-0.39, 0.29) is 0 Å². The van der Waals surface area contributed by atoms with E-state index in [9.17, 15) is 0 Å². The SMILES string of the molecule is COc1ccc(-n2c(SCc3cccc4ccccc34)nnc2-c2ccc(Cl)cc2)cc1. The van der Waals surface area contributed by atoms with Gasteiger partial charge in [-0.25, -0.2) is 0 Å². The van der Waals surface area contributed by atoms with Crippen LogP contribution in [-0.2, 0) is 5.75 Å². The van der Waals surface area contributed by atoms with Gasteiger partial charge in [-0.05, 0) is 64.9 Å². The van der Waals surface area contributed by atoms with Crippen molar-refractivity contribution in [3.8, 4) is 22.8 Å². The van der Waals surface area contributed by atoms with Gasteiger partial charge in [0.05, 0.1) is 7.11 Å². The molecule has 4 nitrogen and oxygen atoms in total. The zero-order chi connectivity index (χ0) is 21.9. The first kappa shape index (κ1) is 20.6. The van der Waals surface area contributed by atoms with E-state index in [1.165, 1.54) is 16.3 Å². The number of halogens is 1. The molecule has 0 aliphatic heterocycles. The van der Waals surface area contributed by atoms with Crippen LogP contribution in [0.5, 0.6) is 5.75 Å². The minimum atomic E-state index is 0.690. The molecule has 0 saturated carbocycles. The minimum absolute atomic E-state index is 0.690. The van der Waals surface area contributed by atoms with Gasteiger partial charge in [0.25, 0.3) is 0 Å². The third-order valence-corrected chi connectivity index (χ3v) is 6.53. The largest absolute Gasteiger partial charge is 0.497 e. The molecule has 0 bridgehead atoms. The summed E-state index contributed by atoms with van der Waals surface area (Å²) in [6.07, 6.45) is 0. The molecule has 4 aromatic carbocycles. The van der Waals surface area contributed by atoms with Crippen molar-refractivity contribution in [3.05, 3.63) is 102 Å². The molecule has 0 aliphatic carbocycles. The zero-order valence-corrected chi connectivity index (χ0v) is 19.0. The van der Waals surface area contributed by atoms with Crippen molar-refractivity contribution < 1.29 is 4.74 Å². The molecule has 0 radical (unpaired) electrons. The van der Waals surface area contributed by atoms with E-state index in [2.05, 4.69) is 57.2 Å². The van der Waals surface area contributed by atoms with Gasteiger partial charge in [0, 0.05) is 22.0 Å². The molecule has 0 aliphatic rings. The van der Waals surface area contributed by atoms with Crippen LogP contribution < -0.4 is 4.74 Å². The smallest absolute Gasteiger partial charge is 0.196 e. The summed E-state index contributed by atoms with van der Waals surface area (Å²) < 4.78 is 7.41. The topological polar surface area (TPSA) is 39.9 Å². The molecule has 5 aromatic rings. The second-order valence-corrected chi connectivity index (χ2v) is 8.65. The van der Waals surface area contributed by atoms with E-state index in [0.717, 1.165) is 33.7 Å². The number of ether oxygens (including phenoxy) is 1. The molecule has 1 heterocycles. The number of rotatable bonds is 6. The van der Waals surface area contributed by atoms with Crippen LogP contribution in [0.1, 0.15) is 5.56 Å². The number of hydrogen-bond acceptors (Lipinski definition) is 4. The summed E-state index contributed by atoms with van der Waals surface area (Å²) in [4.78, 5) is 0. The van der Waals surface area contributed by atoms with Gasteiger partial charge in [-0.3, -0.25) is 4.57 Å². The van der Waals surface area contributed by atoms with Gasteiger partial charge in [0.1, 0.15) is 5.75 Å². The Kier molecular flexibility index (Phi) is 5.84. The van der Waals surface area contributed by atoms with E-state index in [0.29, 0.717) is 5.02 Å². The fourth-order valence-electron chi connectivity index (χ4n) is 3.67. The van der Waals surface area contributed by atoms with Crippen LogP contribution in [0.25, 0.3) is 27.8 Å². The quantitative estimate of drug-likeness (QED) is 0.256. The van der Waals surface area contributed by atoms with Gasteiger partial charge in [-0.15, -0.1) is 10.2 Å². The van der Waals surface area contributed by atoms with Crippen LogP contribution in [0.4, 0.5) is 0 Å². The molecule has 0 atom stereocenters. The number of nitrogens with zero attached hydrogens (tertiary/aromatic N) is 3. The number of thioether (sulfide) groups is 1. The second kappa shape index (κ2) is 9.07. The normalized spacial score (nSPS) is 11.1. The van der Waals surface area contributed by atoms with Crippen LogP contribution >= 0.6 is 23.4 Å². The molecular weight excluding hydrogens is 438 g/mol. The van der Waals surface area contributed by atoms with Crippen LogP contribution in [0.15, 0.2) is 96.2 Å². The highest BCUT2D eigenvalue weighted by Crippen LogP contribution is 2.32. The van der Waals surface area contributed by atoms with Crippen molar-refractivity contribution in [1.29, 1.82) is 0 Å². The first-order valence-corrected chi connectivity index (χ1v) is 11.5. The molecule has 158 valence electrons. The lowest BCUT2D eigenvalue weighted by Gasteiger charge is -2.12. The second-order valence-electron chi connectivity index (χ2n) is 7.27. The number of fused-ring (bicyclic) bond motifs is 1. The lowest BCUT2D eigenvalue weighted by Crippen LogP contribution is -2.00. The van der Waals surface area contributed by atoms with E-state index < -0.39 is 0 Å². The third kappa shape index (κ3) is 4.09. The molecule has 32 heavy (non-hydrogen) atoms. The first-order chi connectivity index (χ1) is 15.7. The molecule has 0 unspecified atom stereocenters. The van der Waals surface area contributed by atoms with Crippen LogP contribution in [0, 0.1) is 0 Å². The number of aromatic nitrogens is 3. The Morgan fingerprint density at radius 2 is 1.59 bits per heavy atom. The summed E-state index contributed by atoms with van der Waals surface area (Å²) in [5.41, 5.74) is 3.20. The van der Waals surface area contributed by atoms with Gasteiger partial charge >= 0.3 is 0 Å². The Balaban J connectivity index is 1.54. The first-order valence-electron chi connectivity index (χ1n) is 10.2. The summed E-state index contributed by atoms with van der Waals surface area (Å²) in [5, 5.41) is 13.1. The van der Waals surface area contributed by atoms with Crippen molar-refractivity contribution in [2.75, 3.05) is 7.11 Å². The minimum Gasteiger partial charge on any atom is -0.497 e. The van der Waals surface area contributed by atoms with E-state index >= 15 is 0 Å². The molecule has 0 fully saturated rings. The Hall–Kier alpha value is -3.28. The highest BCUT2D eigenvalue weighted by Gasteiger charge is 2.17. The third-order valence-electron chi connectivity index (χ3n) is 5.30. The van der Waals surface area contributed by atoms with Gasteiger partial charge in [0.15, 0.2) is 11.0 Å². The molecular formula is C26H20ClN3OS. The molecule has 1 aromatic heterocycles. The Bertz CT molecular complexity index is 1360. The van der Waals surface area contributed by atoms with E-state index in [1.54, 1.807) is 18.9 Å². The molecule has 0 saturated heterocycles. The van der Waals surface area contributed by atoms with Gasteiger partial charge in [0.2, 0.25) is 0 Å². The predicted molar refractivity (Wildman–Crippen MR) is 132 cm³/mol. The maximum atomic E-state index is 6.10. The average molecular weight is 458 g/mol. The molecule has 6 heteroatoms. The Labute approximate surface area is 195 Å². The van der Waals surface area contributed by atoms with Crippen molar-refractivity contribution in [3.63, 3.8) is 0 Å². The van der Waals surface area contributed by atoms with Crippen molar-refractivity contribution >= 4 is 34.1 Å². The monoisotopic (exact) mass is 457 g/mol. The Morgan fingerprint density at radius 3 is 2.38 bits per heavy atom. The lowest BCUT2D eigenvalue weighted by atomic mass is 10.1. The summed E-state index contributed by atoms with van der Waals surface area (Å²) in [7, 11) is 1.67. The Morgan fingerprint density at radius 1 is 0.844 bits per heavy atom. The summed E-state index contributed by atoms with van der Waals surface area (Å²) >= 11 is 7.77. The lowest BCUT2D eigenvalue weighted by molar-refractivity contribution is 0.414. The summed E-state index contributed by atoms with van der Waals surface area (Å²) in [6, 6.07) is 30.5. The fourth-order valence-corrected chi connectivity index (χ4v) is 4.76. The van der Waals surface area contributed by atoms with Crippen LogP contribution in [0.3, 0.4) is 0 Å². The molecule has 5 rings (SSSR count).